The Morgan fingerprint density at radius 2 is 1.96 bits per heavy atom. The Hall–Kier alpha value is -3.61. The molecule has 0 unspecified atom stereocenters. The molecule has 0 atom stereocenters. The molecule has 0 fully saturated rings. The molecule has 0 saturated heterocycles. The minimum absolute atomic E-state index is 0.112. The van der Waals surface area contributed by atoms with Gasteiger partial charge in [0.05, 0.1) is 28.0 Å². The topological polar surface area (TPSA) is 101 Å². The van der Waals surface area contributed by atoms with E-state index in [2.05, 4.69) is 5.16 Å². The molecule has 2 aromatic carbocycles. The van der Waals surface area contributed by atoms with Crippen LogP contribution in [0.2, 0.25) is 0 Å². The number of nitrogens with zero attached hydrogens (tertiary/aromatic N) is 2. The molecule has 0 spiro atoms. The van der Waals surface area contributed by atoms with Crippen LogP contribution in [0, 0.1) is 25.1 Å². The van der Waals surface area contributed by atoms with E-state index < -0.39 is 11.6 Å². The fraction of sp³-hybridized carbons (Fsp3) is 0.100. The van der Waals surface area contributed by atoms with Crippen molar-refractivity contribution in [2.75, 3.05) is 0 Å². The number of para-hydroxylation sites is 1. The number of aryl methyl sites for hydroxylation is 2. The number of nitrogens with one attached hydrogen (secondary N) is 1. The van der Waals surface area contributed by atoms with E-state index in [4.69, 9.17) is 15.7 Å². The number of aromatic hydroxyl groups is 1. The lowest BCUT2D eigenvalue weighted by atomic mass is 10.0. The summed E-state index contributed by atoms with van der Waals surface area (Å²) in [5, 5.41) is 22.5. The lowest BCUT2D eigenvalue weighted by molar-refractivity contribution is 0.393. The number of hydrogen-bond acceptors (Lipinski definition) is 4. The monoisotopic (exact) mass is 364 g/mol. The first kappa shape index (κ1) is 16.8. The minimum atomic E-state index is -0.737. The number of nitrogens with two attached hydrogens (primary N) is 1. The number of benzene rings is 2. The highest BCUT2D eigenvalue weighted by Crippen LogP contribution is 2.39. The number of fused-ring (bicyclic) bond motifs is 1. The number of nitrogen functional groups attached to an aromatic ring is 1. The first-order chi connectivity index (χ1) is 12.9. The molecule has 4 N–H and O–H groups in total. The van der Waals surface area contributed by atoms with Crippen LogP contribution >= 0.6 is 0 Å². The highest BCUT2D eigenvalue weighted by molar-refractivity contribution is 6.14. The predicted molar refractivity (Wildman–Crippen MR) is 101 cm³/mol. The number of amidine groups is 1. The van der Waals surface area contributed by atoms with Crippen molar-refractivity contribution in [3.05, 3.63) is 65.3 Å². The fourth-order valence-electron chi connectivity index (χ4n) is 3.47. The molecule has 0 amide bonds. The van der Waals surface area contributed by atoms with Crippen LogP contribution in [0.5, 0.6) is 5.75 Å². The van der Waals surface area contributed by atoms with Gasteiger partial charge in [0.2, 0.25) is 0 Å². The summed E-state index contributed by atoms with van der Waals surface area (Å²) in [6.45, 7) is 3.58. The van der Waals surface area contributed by atoms with Gasteiger partial charge in [-0.1, -0.05) is 23.4 Å². The largest absolute Gasteiger partial charge is 0.505 e. The van der Waals surface area contributed by atoms with Gasteiger partial charge in [0.1, 0.15) is 11.6 Å². The number of rotatable bonds is 3. The van der Waals surface area contributed by atoms with E-state index in [1.54, 1.807) is 24.5 Å². The second-order valence-electron chi connectivity index (χ2n) is 6.32. The van der Waals surface area contributed by atoms with E-state index in [0.29, 0.717) is 34.0 Å². The standard InChI is InChI=1S/C20H17FN4O2/c1-10-17(11(2)27-24-10)19-18(20(22)23)13-5-3-4-6-15(13)25(19)12-7-8-16(26)14(21)9-12/h3-9,26H,1-2H3,(H3,22,23). The van der Waals surface area contributed by atoms with Gasteiger partial charge in [0.15, 0.2) is 11.6 Å². The average Bonchev–Trinajstić information content (AvgIpc) is 3.14. The molecule has 0 aliphatic rings. The van der Waals surface area contributed by atoms with Crippen molar-refractivity contribution in [3.63, 3.8) is 0 Å². The molecule has 2 aromatic heterocycles. The SMILES string of the molecule is Cc1noc(C)c1-c1c(C(=N)N)c2ccccc2n1-c1ccc(O)c(F)c1. The Kier molecular flexibility index (Phi) is 3.73. The summed E-state index contributed by atoms with van der Waals surface area (Å²) < 4.78 is 21.2. The van der Waals surface area contributed by atoms with Crippen LogP contribution in [0.15, 0.2) is 47.0 Å². The van der Waals surface area contributed by atoms with Gasteiger partial charge in [-0.3, -0.25) is 5.41 Å². The van der Waals surface area contributed by atoms with Gasteiger partial charge in [-0.2, -0.15) is 0 Å². The lowest BCUT2D eigenvalue weighted by Gasteiger charge is -2.13. The van der Waals surface area contributed by atoms with Gasteiger partial charge in [0.25, 0.3) is 0 Å². The maximum Gasteiger partial charge on any atom is 0.166 e. The van der Waals surface area contributed by atoms with Crippen LogP contribution in [-0.4, -0.2) is 20.7 Å². The van der Waals surface area contributed by atoms with Gasteiger partial charge >= 0.3 is 0 Å². The smallest absolute Gasteiger partial charge is 0.166 e. The fourth-order valence-corrected chi connectivity index (χ4v) is 3.47. The Morgan fingerprint density at radius 3 is 2.59 bits per heavy atom. The highest BCUT2D eigenvalue weighted by Gasteiger charge is 2.26. The van der Waals surface area contributed by atoms with Crippen LogP contribution < -0.4 is 5.73 Å². The molecule has 2 heterocycles. The normalized spacial score (nSPS) is 11.2. The van der Waals surface area contributed by atoms with Crippen LogP contribution in [0.4, 0.5) is 4.39 Å². The first-order valence-electron chi connectivity index (χ1n) is 8.30. The summed E-state index contributed by atoms with van der Waals surface area (Å²) in [7, 11) is 0. The molecule has 27 heavy (non-hydrogen) atoms. The molecule has 136 valence electrons. The summed E-state index contributed by atoms with van der Waals surface area (Å²) in [6.07, 6.45) is 0. The quantitative estimate of drug-likeness (QED) is 0.377. The van der Waals surface area contributed by atoms with E-state index in [1.165, 1.54) is 12.1 Å². The summed E-state index contributed by atoms with van der Waals surface area (Å²) in [6, 6.07) is 11.6. The molecule has 4 rings (SSSR count). The molecule has 0 radical (unpaired) electrons. The van der Waals surface area contributed by atoms with Crippen LogP contribution in [0.3, 0.4) is 0 Å². The highest BCUT2D eigenvalue weighted by atomic mass is 19.1. The Bertz CT molecular complexity index is 1190. The maximum atomic E-state index is 14.1. The van der Waals surface area contributed by atoms with Crippen molar-refractivity contribution < 1.29 is 14.0 Å². The number of aromatic nitrogens is 2. The molecule has 4 aromatic rings. The van der Waals surface area contributed by atoms with Crippen molar-refractivity contribution >= 4 is 16.7 Å². The molecule has 0 aliphatic carbocycles. The van der Waals surface area contributed by atoms with E-state index in [9.17, 15) is 9.50 Å². The molecule has 6 nitrogen and oxygen atoms in total. The third-order valence-corrected chi connectivity index (χ3v) is 4.60. The lowest BCUT2D eigenvalue weighted by Crippen LogP contribution is -2.13. The average molecular weight is 364 g/mol. The number of phenolic OH excluding ortho intramolecular Hbond substituents is 1. The third kappa shape index (κ3) is 2.47. The number of phenols is 1. The molecule has 0 saturated carbocycles. The second-order valence-corrected chi connectivity index (χ2v) is 6.32. The molecule has 0 aliphatic heterocycles. The summed E-state index contributed by atoms with van der Waals surface area (Å²) >= 11 is 0. The second kappa shape index (κ2) is 5.98. The zero-order valence-corrected chi connectivity index (χ0v) is 14.7. The van der Waals surface area contributed by atoms with Crippen molar-refractivity contribution in [2.24, 2.45) is 5.73 Å². The number of hydrogen-bond donors (Lipinski definition) is 3. The first-order valence-corrected chi connectivity index (χ1v) is 8.30. The Labute approximate surface area is 154 Å². The molecular weight excluding hydrogens is 347 g/mol. The molecule has 0 bridgehead atoms. The summed E-state index contributed by atoms with van der Waals surface area (Å²) in [4.78, 5) is 0. The van der Waals surface area contributed by atoms with E-state index in [0.717, 1.165) is 10.9 Å². The Balaban J connectivity index is 2.22. The summed E-state index contributed by atoms with van der Waals surface area (Å²) in [5.41, 5.74) is 9.64. The van der Waals surface area contributed by atoms with Gasteiger partial charge in [-0.15, -0.1) is 0 Å². The van der Waals surface area contributed by atoms with E-state index in [1.807, 2.05) is 24.3 Å². The minimum Gasteiger partial charge on any atom is -0.505 e. The van der Waals surface area contributed by atoms with Crippen molar-refractivity contribution in [2.45, 2.75) is 13.8 Å². The zero-order valence-electron chi connectivity index (χ0n) is 14.7. The predicted octanol–water partition coefficient (Wildman–Crippen LogP) is 4.03. The van der Waals surface area contributed by atoms with Gasteiger partial charge in [0, 0.05) is 17.1 Å². The van der Waals surface area contributed by atoms with E-state index in [-0.39, 0.29) is 5.84 Å². The van der Waals surface area contributed by atoms with Gasteiger partial charge in [-0.05, 0) is 32.0 Å². The summed E-state index contributed by atoms with van der Waals surface area (Å²) in [5.74, 6) is -0.710. The van der Waals surface area contributed by atoms with Crippen LogP contribution in [0.1, 0.15) is 17.0 Å². The van der Waals surface area contributed by atoms with Gasteiger partial charge < -0.3 is 19.9 Å². The number of halogens is 1. The molecular formula is C20H17FN4O2. The maximum absolute atomic E-state index is 14.1. The van der Waals surface area contributed by atoms with Crippen molar-refractivity contribution in [1.29, 1.82) is 5.41 Å². The van der Waals surface area contributed by atoms with Crippen molar-refractivity contribution in [1.82, 2.24) is 9.72 Å². The van der Waals surface area contributed by atoms with Gasteiger partial charge in [-0.25, -0.2) is 4.39 Å². The van der Waals surface area contributed by atoms with Crippen LogP contribution in [0.25, 0.3) is 27.8 Å². The van der Waals surface area contributed by atoms with E-state index >= 15 is 0 Å². The third-order valence-electron chi connectivity index (χ3n) is 4.60. The van der Waals surface area contributed by atoms with Crippen molar-refractivity contribution in [3.8, 4) is 22.7 Å². The molecule has 7 heteroatoms. The zero-order chi connectivity index (χ0) is 19.3. The Morgan fingerprint density at radius 1 is 1.22 bits per heavy atom. The van der Waals surface area contributed by atoms with Crippen LogP contribution in [-0.2, 0) is 0 Å².